The molecule has 2 fully saturated rings. The van der Waals surface area contributed by atoms with Gasteiger partial charge in [-0.05, 0) is 60.8 Å². The van der Waals surface area contributed by atoms with E-state index < -0.39 is 6.10 Å². The maximum absolute atomic E-state index is 12.0. The zero-order chi connectivity index (χ0) is 13.9. The van der Waals surface area contributed by atoms with Crippen molar-refractivity contribution in [2.45, 2.75) is 44.1 Å². The molecule has 106 valence electrons. The Labute approximate surface area is 118 Å². The Bertz CT molecular complexity index is 565. The summed E-state index contributed by atoms with van der Waals surface area (Å²) in [5, 5.41) is 20.2. The van der Waals surface area contributed by atoms with Crippen LogP contribution in [-0.4, -0.2) is 22.1 Å². The molecule has 2 N–H and O–H groups in total. The number of Topliss-reactive ketones (excluding diaryl/α,β-unsaturated/α-hetero) is 1. The number of fused-ring (bicyclic) bond motifs is 5. The Morgan fingerprint density at radius 3 is 2.75 bits per heavy atom. The van der Waals surface area contributed by atoms with Crippen molar-refractivity contribution in [1.82, 2.24) is 0 Å². The Kier molecular flexibility index (Phi) is 2.68. The number of benzene rings is 1. The molecule has 1 aromatic carbocycles. The number of ketones is 1. The van der Waals surface area contributed by atoms with E-state index in [4.69, 9.17) is 0 Å². The first-order chi connectivity index (χ1) is 9.65. The minimum absolute atomic E-state index is 0.102. The molecule has 0 saturated heterocycles. The number of rotatable bonds is 0. The number of phenolic OH excluding ortho intramolecular Hbond substituents is 1. The Balaban J connectivity index is 1.75. The summed E-state index contributed by atoms with van der Waals surface area (Å²) in [6.45, 7) is 0. The minimum atomic E-state index is -0.410. The van der Waals surface area contributed by atoms with E-state index in [0.717, 1.165) is 19.3 Å². The number of carbonyl (C=O) groups is 1. The van der Waals surface area contributed by atoms with Crippen molar-refractivity contribution in [2.24, 2.45) is 17.8 Å². The molecule has 1 aromatic rings. The van der Waals surface area contributed by atoms with Gasteiger partial charge in [0.1, 0.15) is 11.5 Å². The summed E-state index contributed by atoms with van der Waals surface area (Å²) in [6, 6.07) is 5.53. The first-order valence-corrected chi connectivity index (χ1v) is 7.67. The van der Waals surface area contributed by atoms with Gasteiger partial charge in [0.15, 0.2) is 0 Å². The second-order valence-corrected chi connectivity index (χ2v) is 6.69. The lowest BCUT2D eigenvalue weighted by Gasteiger charge is -2.46. The van der Waals surface area contributed by atoms with Gasteiger partial charge in [-0.3, -0.25) is 4.79 Å². The van der Waals surface area contributed by atoms with Gasteiger partial charge >= 0.3 is 0 Å². The van der Waals surface area contributed by atoms with Crippen LogP contribution in [0.1, 0.15) is 42.7 Å². The van der Waals surface area contributed by atoms with E-state index >= 15 is 0 Å². The lowest BCUT2D eigenvalue weighted by molar-refractivity contribution is -0.124. The van der Waals surface area contributed by atoms with Gasteiger partial charge in [-0.1, -0.05) is 6.07 Å². The first-order valence-electron chi connectivity index (χ1n) is 7.67. The number of hydrogen-bond donors (Lipinski definition) is 2. The van der Waals surface area contributed by atoms with E-state index in [0.29, 0.717) is 36.2 Å². The van der Waals surface area contributed by atoms with E-state index in [1.54, 1.807) is 6.07 Å². The number of aliphatic hydroxyl groups excluding tert-OH is 1. The van der Waals surface area contributed by atoms with E-state index in [9.17, 15) is 15.0 Å². The topological polar surface area (TPSA) is 57.5 Å². The molecule has 0 aromatic heterocycles. The molecular weight excluding hydrogens is 252 g/mol. The predicted octanol–water partition coefficient (Wildman–Crippen LogP) is 2.40. The molecule has 5 atom stereocenters. The van der Waals surface area contributed by atoms with E-state index in [-0.39, 0.29) is 11.8 Å². The summed E-state index contributed by atoms with van der Waals surface area (Å²) in [7, 11) is 0. The fourth-order valence-electron chi connectivity index (χ4n) is 5.00. The summed E-state index contributed by atoms with van der Waals surface area (Å²) in [5.74, 6) is 1.84. The SMILES string of the molecule is O=C1CCC2C3CCc4cc(O)ccc4C3[C@@H](O)C[C@H]12. The van der Waals surface area contributed by atoms with Gasteiger partial charge < -0.3 is 10.2 Å². The van der Waals surface area contributed by atoms with Gasteiger partial charge in [-0.15, -0.1) is 0 Å². The first kappa shape index (κ1) is 12.4. The van der Waals surface area contributed by atoms with Gasteiger partial charge in [0, 0.05) is 18.3 Å². The van der Waals surface area contributed by atoms with Gasteiger partial charge in [-0.25, -0.2) is 0 Å². The fraction of sp³-hybridized carbons (Fsp3) is 0.588. The molecule has 2 saturated carbocycles. The molecule has 0 spiro atoms. The van der Waals surface area contributed by atoms with Crippen LogP contribution in [0.15, 0.2) is 18.2 Å². The number of phenols is 1. The summed E-state index contributed by atoms with van der Waals surface area (Å²) in [6.07, 6.45) is 3.91. The van der Waals surface area contributed by atoms with E-state index in [2.05, 4.69) is 0 Å². The van der Waals surface area contributed by atoms with Crippen LogP contribution < -0.4 is 0 Å². The van der Waals surface area contributed by atoms with Crippen LogP contribution in [0.25, 0.3) is 0 Å². The molecule has 3 nitrogen and oxygen atoms in total. The number of aromatic hydroxyl groups is 1. The maximum atomic E-state index is 12.0. The molecule has 3 heteroatoms. The molecule has 4 rings (SSSR count). The summed E-state index contributed by atoms with van der Waals surface area (Å²) < 4.78 is 0. The van der Waals surface area contributed by atoms with Crippen molar-refractivity contribution in [2.75, 3.05) is 0 Å². The molecular formula is C17H20O3. The Morgan fingerprint density at radius 1 is 1.10 bits per heavy atom. The smallest absolute Gasteiger partial charge is 0.136 e. The van der Waals surface area contributed by atoms with E-state index in [1.807, 2.05) is 12.1 Å². The highest BCUT2D eigenvalue weighted by molar-refractivity contribution is 5.83. The van der Waals surface area contributed by atoms with Crippen molar-refractivity contribution in [1.29, 1.82) is 0 Å². The second kappa shape index (κ2) is 4.32. The van der Waals surface area contributed by atoms with Gasteiger partial charge in [0.25, 0.3) is 0 Å². The maximum Gasteiger partial charge on any atom is 0.136 e. The highest BCUT2D eigenvalue weighted by Crippen LogP contribution is 2.54. The average molecular weight is 272 g/mol. The third-order valence-electron chi connectivity index (χ3n) is 5.81. The predicted molar refractivity (Wildman–Crippen MR) is 74.5 cm³/mol. The zero-order valence-electron chi connectivity index (χ0n) is 11.5. The molecule has 0 bridgehead atoms. The van der Waals surface area contributed by atoms with Crippen LogP contribution in [-0.2, 0) is 11.2 Å². The van der Waals surface area contributed by atoms with Crippen LogP contribution in [0.5, 0.6) is 5.75 Å². The van der Waals surface area contributed by atoms with Crippen LogP contribution >= 0.6 is 0 Å². The molecule has 3 aliphatic carbocycles. The Hall–Kier alpha value is -1.35. The summed E-state index contributed by atoms with van der Waals surface area (Å²) in [5.41, 5.74) is 2.37. The molecule has 0 aliphatic heterocycles. The second-order valence-electron chi connectivity index (χ2n) is 6.69. The van der Waals surface area contributed by atoms with Crippen molar-refractivity contribution in [3.05, 3.63) is 29.3 Å². The summed E-state index contributed by atoms with van der Waals surface area (Å²) in [4.78, 5) is 12.0. The molecule has 3 unspecified atom stereocenters. The molecule has 0 heterocycles. The minimum Gasteiger partial charge on any atom is -0.508 e. The number of aryl methyl sites for hydroxylation is 1. The number of carbonyl (C=O) groups excluding carboxylic acids is 1. The quantitative estimate of drug-likeness (QED) is 0.762. The molecule has 3 aliphatic rings. The van der Waals surface area contributed by atoms with Crippen LogP contribution in [0, 0.1) is 17.8 Å². The van der Waals surface area contributed by atoms with E-state index in [1.165, 1.54) is 11.1 Å². The monoisotopic (exact) mass is 272 g/mol. The fourth-order valence-corrected chi connectivity index (χ4v) is 5.00. The largest absolute Gasteiger partial charge is 0.508 e. The van der Waals surface area contributed by atoms with Crippen molar-refractivity contribution >= 4 is 5.78 Å². The molecule has 0 radical (unpaired) electrons. The van der Waals surface area contributed by atoms with Gasteiger partial charge in [0.2, 0.25) is 0 Å². The van der Waals surface area contributed by atoms with Crippen molar-refractivity contribution < 1.29 is 15.0 Å². The molecule has 0 amide bonds. The third-order valence-corrected chi connectivity index (χ3v) is 5.81. The lowest BCUT2D eigenvalue weighted by Crippen LogP contribution is -2.43. The third kappa shape index (κ3) is 1.65. The van der Waals surface area contributed by atoms with Crippen molar-refractivity contribution in [3.63, 3.8) is 0 Å². The van der Waals surface area contributed by atoms with Crippen LogP contribution in [0.3, 0.4) is 0 Å². The van der Waals surface area contributed by atoms with Crippen LogP contribution in [0.2, 0.25) is 0 Å². The number of hydrogen-bond acceptors (Lipinski definition) is 3. The molecule has 20 heavy (non-hydrogen) atoms. The van der Waals surface area contributed by atoms with Crippen LogP contribution in [0.4, 0.5) is 0 Å². The lowest BCUT2D eigenvalue weighted by atomic mass is 9.59. The normalized spacial score (nSPS) is 39.0. The highest BCUT2D eigenvalue weighted by Gasteiger charge is 2.50. The average Bonchev–Trinajstić information content (AvgIpc) is 2.80. The van der Waals surface area contributed by atoms with Gasteiger partial charge in [0.05, 0.1) is 6.10 Å². The zero-order valence-corrected chi connectivity index (χ0v) is 11.5. The van der Waals surface area contributed by atoms with Gasteiger partial charge in [-0.2, -0.15) is 0 Å². The Morgan fingerprint density at radius 2 is 1.90 bits per heavy atom. The standard InChI is InChI=1S/C17H20O3/c18-10-2-4-11-9(7-10)1-3-13-12-5-6-15(19)14(12)8-16(20)17(11)13/h2,4,7,12-14,16-18,20H,1,3,5-6,8H2/t12?,13?,14-,16-,17?/m0/s1. The van der Waals surface area contributed by atoms with Crippen molar-refractivity contribution in [3.8, 4) is 5.75 Å². The highest BCUT2D eigenvalue weighted by atomic mass is 16.3. The summed E-state index contributed by atoms with van der Waals surface area (Å²) >= 11 is 0. The number of aliphatic hydroxyl groups is 1.